The largest absolute Gasteiger partial charge is 0.484 e. The summed E-state index contributed by atoms with van der Waals surface area (Å²) in [4.78, 5) is 23.4. The van der Waals surface area contributed by atoms with Crippen LogP contribution < -0.4 is 15.4 Å². The molecule has 0 unspecified atom stereocenters. The van der Waals surface area contributed by atoms with Crippen molar-refractivity contribution in [3.8, 4) is 5.75 Å². The van der Waals surface area contributed by atoms with E-state index in [9.17, 15) is 9.59 Å². The second-order valence-electron chi connectivity index (χ2n) is 6.06. The predicted octanol–water partition coefficient (Wildman–Crippen LogP) is 4.12. The summed E-state index contributed by atoms with van der Waals surface area (Å²) in [6, 6.07) is 19.0. The molecule has 0 spiro atoms. The van der Waals surface area contributed by atoms with Gasteiger partial charge in [0.15, 0.2) is 6.61 Å². The van der Waals surface area contributed by atoms with E-state index in [0.717, 1.165) is 16.3 Å². The molecule has 0 aromatic heterocycles. The molecule has 5 heteroatoms. The average molecular weight is 348 g/mol. The topological polar surface area (TPSA) is 67.4 Å². The zero-order chi connectivity index (χ0) is 18.5. The highest BCUT2D eigenvalue weighted by molar-refractivity contribution is 5.94. The number of carbonyl (C=O) groups is 2. The van der Waals surface area contributed by atoms with Gasteiger partial charge >= 0.3 is 0 Å². The molecule has 132 valence electrons. The number of anilines is 2. The summed E-state index contributed by atoms with van der Waals surface area (Å²) in [5.41, 5.74) is 2.20. The van der Waals surface area contributed by atoms with E-state index in [1.54, 1.807) is 12.1 Å². The van der Waals surface area contributed by atoms with Crippen molar-refractivity contribution in [1.82, 2.24) is 0 Å². The lowest BCUT2D eigenvalue weighted by Gasteiger charge is -2.11. The number of rotatable bonds is 5. The van der Waals surface area contributed by atoms with Crippen LogP contribution in [0.1, 0.15) is 12.5 Å². The molecule has 2 N–H and O–H groups in total. The average Bonchev–Trinajstić information content (AvgIpc) is 2.62. The van der Waals surface area contributed by atoms with E-state index >= 15 is 0 Å². The minimum atomic E-state index is -0.268. The molecule has 0 saturated heterocycles. The Hall–Kier alpha value is -3.34. The van der Waals surface area contributed by atoms with Crippen molar-refractivity contribution in [3.05, 3.63) is 66.2 Å². The Balaban J connectivity index is 1.62. The van der Waals surface area contributed by atoms with Crippen LogP contribution >= 0.6 is 0 Å². The fraction of sp³-hybridized carbons (Fsp3) is 0.143. The van der Waals surface area contributed by atoms with E-state index < -0.39 is 0 Å². The summed E-state index contributed by atoms with van der Waals surface area (Å²) in [7, 11) is 0. The highest BCUT2D eigenvalue weighted by Gasteiger charge is 2.07. The Labute approximate surface area is 152 Å². The molecule has 2 amide bonds. The fourth-order valence-corrected chi connectivity index (χ4v) is 2.63. The molecule has 0 radical (unpaired) electrons. The van der Waals surface area contributed by atoms with E-state index in [4.69, 9.17) is 4.74 Å². The third kappa shape index (κ3) is 4.39. The van der Waals surface area contributed by atoms with Crippen molar-refractivity contribution in [3.63, 3.8) is 0 Å². The summed E-state index contributed by atoms with van der Waals surface area (Å²) < 4.78 is 5.58. The van der Waals surface area contributed by atoms with Crippen molar-refractivity contribution in [2.75, 3.05) is 17.2 Å². The van der Waals surface area contributed by atoms with Crippen molar-refractivity contribution in [1.29, 1.82) is 0 Å². The number of benzene rings is 3. The van der Waals surface area contributed by atoms with Gasteiger partial charge in [-0.2, -0.15) is 0 Å². The van der Waals surface area contributed by atoms with Gasteiger partial charge in [-0.3, -0.25) is 9.59 Å². The van der Waals surface area contributed by atoms with Gasteiger partial charge in [0.2, 0.25) is 5.91 Å². The minimum Gasteiger partial charge on any atom is -0.484 e. The Morgan fingerprint density at radius 2 is 1.69 bits per heavy atom. The van der Waals surface area contributed by atoms with Gasteiger partial charge in [0.05, 0.1) is 0 Å². The molecular weight excluding hydrogens is 328 g/mol. The molecule has 0 fully saturated rings. The molecule has 0 saturated carbocycles. The van der Waals surface area contributed by atoms with Crippen molar-refractivity contribution >= 4 is 34.0 Å². The quantitative estimate of drug-likeness (QED) is 0.729. The van der Waals surface area contributed by atoms with Crippen LogP contribution in [0.3, 0.4) is 0 Å². The Morgan fingerprint density at radius 1 is 0.923 bits per heavy atom. The number of fused-ring (bicyclic) bond motifs is 1. The van der Waals surface area contributed by atoms with Gasteiger partial charge < -0.3 is 15.4 Å². The van der Waals surface area contributed by atoms with E-state index in [0.29, 0.717) is 17.1 Å². The first-order valence-corrected chi connectivity index (χ1v) is 8.31. The van der Waals surface area contributed by atoms with Gasteiger partial charge in [-0.1, -0.05) is 36.4 Å². The molecule has 0 atom stereocenters. The van der Waals surface area contributed by atoms with Crippen molar-refractivity contribution < 1.29 is 14.3 Å². The fourth-order valence-electron chi connectivity index (χ4n) is 2.63. The molecule has 0 aliphatic carbocycles. The first-order chi connectivity index (χ1) is 12.5. The lowest BCUT2D eigenvalue weighted by molar-refractivity contribution is -0.118. The van der Waals surface area contributed by atoms with Crippen molar-refractivity contribution in [2.45, 2.75) is 13.8 Å². The summed E-state index contributed by atoms with van der Waals surface area (Å²) in [6.45, 7) is 3.24. The van der Waals surface area contributed by atoms with Crippen LogP contribution in [0.25, 0.3) is 10.8 Å². The maximum Gasteiger partial charge on any atom is 0.262 e. The van der Waals surface area contributed by atoms with E-state index in [1.807, 2.05) is 55.5 Å². The van der Waals surface area contributed by atoms with Gasteiger partial charge in [0, 0.05) is 18.3 Å². The third-order valence-electron chi connectivity index (χ3n) is 3.92. The molecule has 0 aliphatic rings. The highest BCUT2D eigenvalue weighted by atomic mass is 16.5. The molecule has 0 heterocycles. The van der Waals surface area contributed by atoms with Crippen molar-refractivity contribution in [2.24, 2.45) is 0 Å². The lowest BCUT2D eigenvalue weighted by Crippen LogP contribution is -2.20. The van der Waals surface area contributed by atoms with Crippen LogP contribution in [0.4, 0.5) is 11.4 Å². The van der Waals surface area contributed by atoms with Crippen LogP contribution in [-0.2, 0) is 9.59 Å². The van der Waals surface area contributed by atoms with Crippen LogP contribution in [0, 0.1) is 6.92 Å². The SMILES string of the molecule is CC(=O)Nc1cc(NC(=O)COc2ccc3ccccc3c2)ccc1C. The Morgan fingerprint density at radius 3 is 2.46 bits per heavy atom. The zero-order valence-corrected chi connectivity index (χ0v) is 14.7. The summed E-state index contributed by atoms with van der Waals surface area (Å²) in [6.07, 6.45) is 0. The smallest absolute Gasteiger partial charge is 0.262 e. The molecule has 3 aromatic rings. The van der Waals surface area contributed by atoms with Crippen LogP contribution in [-0.4, -0.2) is 18.4 Å². The Bertz CT molecular complexity index is 966. The van der Waals surface area contributed by atoms with E-state index in [-0.39, 0.29) is 18.4 Å². The molecule has 3 aromatic carbocycles. The normalized spacial score (nSPS) is 10.4. The number of amides is 2. The first kappa shape index (κ1) is 17.5. The monoisotopic (exact) mass is 348 g/mol. The van der Waals surface area contributed by atoms with Gasteiger partial charge in [0.1, 0.15) is 5.75 Å². The number of hydrogen-bond acceptors (Lipinski definition) is 3. The molecule has 26 heavy (non-hydrogen) atoms. The molecule has 0 bridgehead atoms. The van der Waals surface area contributed by atoms with Gasteiger partial charge in [-0.25, -0.2) is 0 Å². The zero-order valence-electron chi connectivity index (χ0n) is 14.7. The predicted molar refractivity (Wildman–Crippen MR) is 104 cm³/mol. The van der Waals surface area contributed by atoms with Gasteiger partial charge in [-0.05, 0) is 47.5 Å². The van der Waals surface area contributed by atoms with Crippen LogP contribution in [0.15, 0.2) is 60.7 Å². The van der Waals surface area contributed by atoms with Crippen LogP contribution in [0.5, 0.6) is 5.75 Å². The summed E-state index contributed by atoms with van der Waals surface area (Å²) in [5.74, 6) is 0.216. The van der Waals surface area contributed by atoms with Crippen LogP contribution in [0.2, 0.25) is 0 Å². The number of ether oxygens (including phenoxy) is 1. The first-order valence-electron chi connectivity index (χ1n) is 8.31. The molecule has 3 rings (SSSR count). The molecular formula is C21H20N2O3. The Kier molecular flexibility index (Phi) is 5.17. The lowest BCUT2D eigenvalue weighted by atomic mass is 10.1. The molecule has 0 aliphatic heterocycles. The standard InChI is InChI=1S/C21H20N2O3/c1-14-7-9-18(12-20(14)22-15(2)24)23-21(25)13-26-19-10-8-16-5-3-4-6-17(16)11-19/h3-12H,13H2,1-2H3,(H,22,24)(H,23,25). The number of aryl methyl sites for hydroxylation is 1. The highest BCUT2D eigenvalue weighted by Crippen LogP contribution is 2.22. The maximum atomic E-state index is 12.1. The number of nitrogens with one attached hydrogen (secondary N) is 2. The minimum absolute atomic E-state index is 0.0955. The summed E-state index contributed by atoms with van der Waals surface area (Å²) in [5, 5.41) is 7.69. The van der Waals surface area contributed by atoms with Gasteiger partial charge in [-0.15, -0.1) is 0 Å². The number of hydrogen-bond donors (Lipinski definition) is 2. The second-order valence-corrected chi connectivity index (χ2v) is 6.06. The van der Waals surface area contributed by atoms with Gasteiger partial charge in [0.25, 0.3) is 5.91 Å². The van der Waals surface area contributed by atoms with E-state index in [1.165, 1.54) is 6.92 Å². The second kappa shape index (κ2) is 7.70. The number of carbonyl (C=O) groups excluding carboxylic acids is 2. The molecule has 5 nitrogen and oxygen atoms in total. The summed E-state index contributed by atoms with van der Waals surface area (Å²) >= 11 is 0. The van der Waals surface area contributed by atoms with E-state index in [2.05, 4.69) is 10.6 Å². The maximum absolute atomic E-state index is 12.1. The third-order valence-corrected chi connectivity index (χ3v) is 3.92.